The molecule has 3 saturated carbocycles. The van der Waals surface area contributed by atoms with Crippen molar-refractivity contribution < 1.29 is 69.3 Å². The predicted molar refractivity (Wildman–Crippen MR) is 184 cm³/mol. The minimum atomic E-state index is -1.65. The van der Waals surface area contributed by atoms with Gasteiger partial charge in [-0.3, -0.25) is 0 Å². The van der Waals surface area contributed by atoms with E-state index < -0.39 is 96.5 Å². The van der Waals surface area contributed by atoms with E-state index in [2.05, 4.69) is 26.8 Å². The molecular weight excluding hydrogens is 692 g/mol. The van der Waals surface area contributed by atoms with Crippen LogP contribution in [-0.2, 0) is 28.4 Å². The zero-order valence-corrected chi connectivity index (χ0v) is 31.6. The zero-order valence-electron chi connectivity index (χ0n) is 31.6. The standard InChI is InChI=1S/C39H62O14/c1-18-8-13-38(48-17-18)20(3)39(47)26(53-38)15-37(46)24-7-6-21-14-22(9-11-35(21,4)23(24)10-12-36(37,39)5)50-34-32(30(44)28(42)25(16-40)51-34)52-33-31(45)29(43)27(41)19(2)49-33/h6,18-20,22-34,40-47H,7-17H2,1-5H3. The highest BCUT2D eigenvalue weighted by Crippen LogP contribution is 2.73. The first-order chi connectivity index (χ1) is 24.9. The fourth-order valence-corrected chi connectivity index (χ4v) is 12.4. The van der Waals surface area contributed by atoms with Crippen molar-refractivity contribution in [1.29, 1.82) is 0 Å². The lowest BCUT2D eigenvalue weighted by Gasteiger charge is -2.63. The molecule has 8 aliphatic rings. The van der Waals surface area contributed by atoms with Crippen LogP contribution in [0.15, 0.2) is 11.6 Å². The SMILES string of the molecule is CC1CCC2(OC1)OC1CC3(O)C4CC=C5CC(OC6OC(CO)C(O)C(O)C6OC6OC(C)C(O)C(O)C6O)CCC5(C)C4CCC3(C)C1(O)C2C. The van der Waals surface area contributed by atoms with E-state index in [1.165, 1.54) is 12.5 Å². The third-order valence-electron chi connectivity index (χ3n) is 16.0. The molecular formula is C39H62O14. The Morgan fingerprint density at radius 2 is 1.57 bits per heavy atom. The number of hydrogen-bond donors (Lipinski definition) is 8. The average Bonchev–Trinajstić information content (AvgIpc) is 3.44. The maximum atomic E-state index is 12.9. The molecule has 302 valence electrons. The number of allylic oxidation sites excluding steroid dienone is 1. The zero-order chi connectivity index (χ0) is 38.0. The number of rotatable bonds is 5. The smallest absolute Gasteiger partial charge is 0.187 e. The Balaban J connectivity index is 0.995. The van der Waals surface area contributed by atoms with E-state index in [4.69, 9.17) is 28.4 Å². The van der Waals surface area contributed by atoms with Crippen LogP contribution < -0.4 is 0 Å². The second kappa shape index (κ2) is 13.4. The van der Waals surface area contributed by atoms with Crippen LogP contribution in [-0.4, -0.2) is 145 Å². The lowest BCUT2D eigenvalue weighted by atomic mass is 9.44. The number of aliphatic hydroxyl groups excluding tert-OH is 6. The maximum absolute atomic E-state index is 12.9. The quantitative estimate of drug-likeness (QED) is 0.181. The van der Waals surface area contributed by atoms with E-state index in [0.717, 1.165) is 25.7 Å². The van der Waals surface area contributed by atoms with Crippen LogP contribution in [0.1, 0.15) is 92.4 Å². The summed E-state index contributed by atoms with van der Waals surface area (Å²) in [6.45, 7) is 10.1. The molecule has 4 saturated heterocycles. The van der Waals surface area contributed by atoms with Crippen LogP contribution in [0.3, 0.4) is 0 Å². The topological polar surface area (TPSA) is 217 Å². The van der Waals surface area contributed by atoms with Crippen LogP contribution in [0.2, 0.25) is 0 Å². The molecule has 4 aliphatic heterocycles. The van der Waals surface area contributed by atoms with Gasteiger partial charge in [0.05, 0.1) is 37.1 Å². The van der Waals surface area contributed by atoms with Crippen molar-refractivity contribution in [2.45, 2.75) is 183 Å². The monoisotopic (exact) mass is 754 g/mol. The second-order valence-corrected chi connectivity index (χ2v) is 18.5. The molecule has 4 aliphatic carbocycles. The van der Waals surface area contributed by atoms with Gasteiger partial charge in [-0.1, -0.05) is 39.3 Å². The van der Waals surface area contributed by atoms with Crippen molar-refractivity contribution in [1.82, 2.24) is 0 Å². The summed E-state index contributed by atoms with van der Waals surface area (Å²) >= 11 is 0. The summed E-state index contributed by atoms with van der Waals surface area (Å²) < 4.78 is 37.1. The lowest BCUT2D eigenvalue weighted by molar-refractivity contribution is -0.369. The summed E-state index contributed by atoms with van der Waals surface area (Å²) in [5.41, 5.74) is -2.13. The molecule has 0 radical (unpaired) electrons. The third kappa shape index (κ3) is 5.49. The fraction of sp³-hybridized carbons (Fsp3) is 0.949. The average molecular weight is 755 g/mol. The van der Waals surface area contributed by atoms with Crippen molar-refractivity contribution in [3.05, 3.63) is 11.6 Å². The number of ether oxygens (including phenoxy) is 6. The van der Waals surface area contributed by atoms with E-state index in [9.17, 15) is 40.9 Å². The Labute approximate surface area is 311 Å². The molecule has 4 heterocycles. The van der Waals surface area contributed by atoms with Gasteiger partial charge in [-0.15, -0.1) is 0 Å². The molecule has 14 heteroatoms. The Hall–Kier alpha value is -0.820. The Bertz CT molecular complexity index is 1410. The number of fused-ring (bicyclic) bond motifs is 7. The van der Waals surface area contributed by atoms with E-state index >= 15 is 0 Å². The molecule has 0 aromatic heterocycles. The minimum absolute atomic E-state index is 0.0688. The fourth-order valence-electron chi connectivity index (χ4n) is 12.4. The highest BCUT2D eigenvalue weighted by molar-refractivity contribution is 5.33. The molecule has 0 amide bonds. The molecule has 8 rings (SSSR count). The first-order valence-corrected chi connectivity index (χ1v) is 20.0. The van der Waals surface area contributed by atoms with Crippen LogP contribution in [0.4, 0.5) is 0 Å². The van der Waals surface area contributed by atoms with Crippen molar-refractivity contribution in [2.24, 2.45) is 34.5 Å². The lowest BCUT2D eigenvalue weighted by Crippen LogP contribution is -2.66. The Morgan fingerprint density at radius 1 is 0.811 bits per heavy atom. The van der Waals surface area contributed by atoms with Gasteiger partial charge in [-0.25, -0.2) is 0 Å². The van der Waals surface area contributed by atoms with Gasteiger partial charge in [0.1, 0.15) is 48.3 Å². The number of hydrogen-bond acceptors (Lipinski definition) is 14. The van der Waals surface area contributed by atoms with Gasteiger partial charge in [0.2, 0.25) is 0 Å². The van der Waals surface area contributed by atoms with Gasteiger partial charge in [0.15, 0.2) is 18.4 Å². The molecule has 7 fully saturated rings. The minimum Gasteiger partial charge on any atom is -0.394 e. The summed E-state index contributed by atoms with van der Waals surface area (Å²) in [7, 11) is 0. The summed E-state index contributed by atoms with van der Waals surface area (Å²) in [6.07, 6.45) is -6.28. The van der Waals surface area contributed by atoms with E-state index in [0.29, 0.717) is 44.6 Å². The van der Waals surface area contributed by atoms with E-state index in [1.54, 1.807) is 0 Å². The van der Waals surface area contributed by atoms with Crippen LogP contribution in [0.5, 0.6) is 0 Å². The van der Waals surface area contributed by atoms with Gasteiger partial charge >= 0.3 is 0 Å². The molecule has 0 aromatic rings. The second-order valence-electron chi connectivity index (χ2n) is 18.5. The first kappa shape index (κ1) is 39.0. The highest BCUT2D eigenvalue weighted by Gasteiger charge is 2.81. The van der Waals surface area contributed by atoms with E-state index in [1.807, 2.05) is 6.92 Å². The van der Waals surface area contributed by atoms with Crippen LogP contribution in [0, 0.1) is 34.5 Å². The van der Waals surface area contributed by atoms with E-state index in [-0.39, 0.29) is 29.3 Å². The van der Waals surface area contributed by atoms with Gasteiger partial charge in [-0.2, -0.15) is 0 Å². The van der Waals surface area contributed by atoms with Crippen LogP contribution >= 0.6 is 0 Å². The predicted octanol–water partition coefficient (Wildman–Crippen LogP) is 0.620. The van der Waals surface area contributed by atoms with Crippen LogP contribution in [0.25, 0.3) is 0 Å². The van der Waals surface area contributed by atoms with Crippen molar-refractivity contribution in [2.75, 3.05) is 13.2 Å². The molecule has 53 heavy (non-hydrogen) atoms. The highest BCUT2D eigenvalue weighted by atomic mass is 16.8. The molecule has 8 N–H and O–H groups in total. The molecule has 21 atom stereocenters. The molecule has 0 bridgehead atoms. The van der Waals surface area contributed by atoms with Gasteiger partial charge in [0, 0.05) is 24.2 Å². The third-order valence-corrected chi connectivity index (χ3v) is 16.0. The van der Waals surface area contributed by atoms with Crippen molar-refractivity contribution >= 4 is 0 Å². The van der Waals surface area contributed by atoms with Crippen molar-refractivity contribution in [3.8, 4) is 0 Å². The molecule has 1 spiro atoms. The first-order valence-electron chi connectivity index (χ1n) is 20.0. The van der Waals surface area contributed by atoms with Gasteiger partial charge in [0.25, 0.3) is 0 Å². The largest absolute Gasteiger partial charge is 0.394 e. The molecule has 0 aromatic carbocycles. The van der Waals surface area contributed by atoms with Gasteiger partial charge < -0.3 is 69.3 Å². The Kier molecular flexibility index (Phi) is 9.84. The molecule has 14 nitrogen and oxygen atoms in total. The normalized spacial score (nSPS) is 59.5. The summed E-state index contributed by atoms with van der Waals surface area (Å²) in [5.74, 6) is -0.554. The van der Waals surface area contributed by atoms with Gasteiger partial charge in [-0.05, 0) is 75.0 Å². The summed E-state index contributed by atoms with van der Waals surface area (Å²) in [6, 6.07) is 0. The number of aliphatic hydroxyl groups is 8. The van der Waals surface area contributed by atoms with Crippen molar-refractivity contribution in [3.63, 3.8) is 0 Å². The Morgan fingerprint density at radius 3 is 2.26 bits per heavy atom. The maximum Gasteiger partial charge on any atom is 0.187 e. The summed E-state index contributed by atoms with van der Waals surface area (Å²) in [4.78, 5) is 0. The summed E-state index contributed by atoms with van der Waals surface area (Å²) in [5, 5.41) is 88.5. The molecule has 21 unspecified atom stereocenters.